The molecule has 2 aromatic heterocycles. The molecule has 1 unspecified atom stereocenters. The largest absolute Gasteiger partial charge is 0.361 e. The number of aromatic nitrogens is 3. The molecule has 160 valence electrons. The van der Waals surface area contributed by atoms with Gasteiger partial charge in [0.05, 0.1) is 17.6 Å². The highest BCUT2D eigenvalue weighted by atomic mass is 16.5. The van der Waals surface area contributed by atoms with Crippen molar-refractivity contribution in [3.05, 3.63) is 40.8 Å². The molecule has 8 heteroatoms. The van der Waals surface area contributed by atoms with E-state index in [2.05, 4.69) is 15.1 Å². The van der Waals surface area contributed by atoms with Crippen LogP contribution in [0.1, 0.15) is 70.1 Å². The Kier molecular flexibility index (Phi) is 5.83. The summed E-state index contributed by atoms with van der Waals surface area (Å²) in [5, 5.41) is 3.91. The summed E-state index contributed by atoms with van der Waals surface area (Å²) >= 11 is 0. The van der Waals surface area contributed by atoms with Gasteiger partial charge in [-0.2, -0.15) is 0 Å². The highest BCUT2D eigenvalue weighted by Gasteiger charge is 2.37. The molecule has 2 amide bonds. The molecule has 2 aromatic rings. The molecule has 2 aliphatic heterocycles. The minimum atomic E-state index is -0.0265. The zero-order chi connectivity index (χ0) is 21.3. The zero-order valence-electron chi connectivity index (χ0n) is 17.9. The Morgan fingerprint density at radius 2 is 1.73 bits per heavy atom. The second-order valence-corrected chi connectivity index (χ2v) is 8.43. The van der Waals surface area contributed by atoms with E-state index >= 15 is 0 Å². The van der Waals surface area contributed by atoms with Crippen molar-refractivity contribution in [2.24, 2.45) is 5.92 Å². The predicted molar refractivity (Wildman–Crippen MR) is 110 cm³/mol. The van der Waals surface area contributed by atoms with Gasteiger partial charge in [-0.1, -0.05) is 5.16 Å². The molecule has 0 radical (unpaired) electrons. The lowest BCUT2D eigenvalue weighted by Crippen LogP contribution is -2.51. The number of piperidine rings is 2. The molecule has 0 aromatic carbocycles. The lowest BCUT2D eigenvalue weighted by molar-refractivity contribution is 0.0369. The van der Waals surface area contributed by atoms with Crippen molar-refractivity contribution >= 4 is 11.8 Å². The molecule has 2 saturated heterocycles. The fourth-order valence-corrected chi connectivity index (χ4v) is 4.78. The second-order valence-electron chi connectivity index (χ2n) is 8.43. The fourth-order valence-electron chi connectivity index (χ4n) is 4.78. The lowest BCUT2D eigenvalue weighted by Gasteiger charge is -2.43. The van der Waals surface area contributed by atoms with Crippen LogP contribution in [0.3, 0.4) is 0 Å². The highest BCUT2D eigenvalue weighted by Crippen LogP contribution is 2.32. The van der Waals surface area contributed by atoms with Crippen molar-refractivity contribution in [2.75, 3.05) is 19.6 Å². The van der Waals surface area contributed by atoms with Crippen LogP contribution < -0.4 is 0 Å². The summed E-state index contributed by atoms with van der Waals surface area (Å²) in [6, 6.07) is 0.200. The molecular weight excluding hydrogens is 382 g/mol. The topological polar surface area (TPSA) is 92.4 Å². The summed E-state index contributed by atoms with van der Waals surface area (Å²) in [6.07, 6.45) is 8.16. The Morgan fingerprint density at radius 1 is 0.967 bits per heavy atom. The van der Waals surface area contributed by atoms with Gasteiger partial charge in [0.25, 0.3) is 11.8 Å². The molecule has 1 atom stereocenters. The van der Waals surface area contributed by atoms with Gasteiger partial charge in [0.2, 0.25) is 0 Å². The third-order valence-electron chi connectivity index (χ3n) is 6.43. The van der Waals surface area contributed by atoms with Gasteiger partial charge in [0.1, 0.15) is 17.0 Å². The summed E-state index contributed by atoms with van der Waals surface area (Å²) in [5.74, 6) is 0.932. The standard InChI is InChI=1S/C22H29N5O3/c1-14-12-24-18(13-23-14)21(28)27-9-5-4-6-19(27)17-7-10-26(11-8-17)22(29)20-15(2)25-30-16(20)3/h12-13,17,19H,4-11H2,1-3H3. The molecule has 0 spiro atoms. The van der Waals surface area contributed by atoms with Gasteiger partial charge in [-0.3, -0.25) is 14.6 Å². The Hall–Kier alpha value is -2.77. The Balaban J connectivity index is 1.43. The van der Waals surface area contributed by atoms with Crippen LogP contribution in [0.4, 0.5) is 0 Å². The Morgan fingerprint density at radius 3 is 2.37 bits per heavy atom. The molecule has 2 fully saturated rings. The van der Waals surface area contributed by atoms with Gasteiger partial charge in [0, 0.05) is 31.9 Å². The molecule has 2 aliphatic rings. The number of likely N-dealkylation sites (tertiary alicyclic amines) is 2. The van der Waals surface area contributed by atoms with E-state index in [4.69, 9.17) is 4.52 Å². The van der Waals surface area contributed by atoms with Crippen LogP contribution in [-0.4, -0.2) is 62.4 Å². The van der Waals surface area contributed by atoms with E-state index < -0.39 is 0 Å². The van der Waals surface area contributed by atoms with Crippen LogP contribution in [0.15, 0.2) is 16.9 Å². The van der Waals surface area contributed by atoms with Gasteiger partial charge in [-0.15, -0.1) is 0 Å². The molecular formula is C22H29N5O3. The van der Waals surface area contributed by atoms with E-state index in [0.29, 0.717) is 41.7 Å². The number of carbonyl (C=O) groups excluding carboxylic acids is 2. The van der Waals surface area contributed by atoms with Crippen molar-refractivity contribution in [2.45, 2.75) is 58.9 Å². The third kappa shape index (κ3) is 3.95. The monoisotopic (exact) mass is 411 g/mol. The number of rotatable bonds is 3. The van der Waals surface area contributed by atoms with E-state index in [-0.39, 0.29) is 17.9 Å². The summed E-state index contributed by atoms with van der Waals surface area (Å²) in [5.41, 5.74) is 2.44. The predicted octanol–water partition coefficient (Wildman–Crippen LogP) is 2.94. The van der Waals surface area contributed by atoms with E-state index in [1.807, 2.05) is 16.7 Å². The van der Waals surface area contributed by atoms with Crippen LogP contribution in [-0.2, 0) is 0 Å². The Bertz CT molecular complexity index is 896. The zero-order valence-corrected chi connectivity index (χ0v) is 17.9. The van der Waals surface area contributed by atoms with Crippen molar-refractivity contribution in [1.29, 1.82) is 0 Å². The summed E-state index contributed by atoms with van der Waals surface area (Å²) in [6.45, 7) is 7.59. The summed E-state index contributed by atoms with van der Waals surface area (Å²) in [4.78, 5) is 38.4. The van der Waals surface area contributed by atoms with Gasteiger partial charge in [0.15, 0.2) is 0 Å². The average molecular weight is 412 g/mol. The minimum Gasteiger partial charge on any atom is -0.361 e. The van der Waals surface area contributed by atoms with Gasteiger partial charge >= 0.3 is 0 Å². The van der Waals surface area contributed by atoms with E-state index in [1.165, 1.54) is 0 Å². The third-order valence-corrected chi connectivity index (χ3v) is 6.43. The SMILES string of the molecule is Cc1cnc(C(=O)N2CCCCC2C2CCN(C(=O)c3c(C)noc3C)CC2)cn1. The fraction of sp³-hybridized carbons (Fsp3) is 0.591. The number of amides is 2. The molecule has 0 aliphatic carbocycles. The maximum Gasteiger partial charge on any atom is 0.274 e. The van der Waals surface area contributed by atoms with E-state index in [0.717, 1.165) is 44.3 Å². The van der Waals surface area contributed by atoms with Crippen LogP contribution in [0, 0.1) is 26.7 Å². The Labute approximate surface area is 176 Å². The first kappa shape index (κ1) is 20.5. The van der Waals surface area contributed by atoms with E-state index in [9.17, 15) is 9.59 Å². The first-order chi connectivity index (χ1) is 14.5. The maximum absolute atomic E-state index is 13.1. The van der Waals surface area contributed by atoms with Crippen LogP contribution >= 0.6 is 0 Å². The first-order valence-corrected chi connectivity index (χ1v) is 10.8. The lowest BCUT2D eigenvalue weighted by atomic mass is 9.83. The number of carbonyl (C=O) groups is 2. The van der Waals surface area contributed by atoms with Crippen molar-refractivity contribution in [3.8, 4) is 0 Å². The normalized spacial score (nSPS) is 20.4. The summed E-state index contributed by atoms with van der Waals surface area (Å²) in [7, 11) is 0. The average Bonchev–Trinajstić information content (AvgIpc) is 3.11. The molecule has 0 saturated carbocycles. The second kappa shape index (κ2) is 8.53. The number of hydrogen-bond donors (Lipinski definition) is 0. The van der Waals surface area contributed by atoms with Gasteiger partial charge < -0.3 is 14.3 Å². The van der Waals surface area contributed by atoms with Crippen LogP contribution in [0.25, 0.3) is 0 Å². The number of aryl methyl sites for hydroxylation is 3. The van der Waals surface area contributed by atoms with Crippen LogP contribution in [0.2, 0.25) is 0 Å². The molecule has 0 bridgehead atoms. The summed E-state index contributed by atoms with van der Waals surface area (Å²) < 4.78 is 5.16. The van der Waals surface area contributed by atoms with Crippen LogP contribution in [0.5, 0.6) is 0 Å². The molecule has 8 nitrogen and oxygen atoms in total. The smallest absolute Gasteiger partial charge is 0.274 e. The quantitative estimate of drug-likeness (QED) is 0.771. The molecule has 4 heterocycles. The molecule has 4 rings (SSSR count). The first-order valence-electron chi connectivity index (χ1n) is 10.8. The molecule has 30 heavy (non-hydrogen) atoms. The minimum absolute atomic E-state index is 0.00351. The van der Waals surface area contributed by atoms with Gasteiger partial charge in [-0.25, -0.2) is 4.98 Å². The number of nitrogens with zero attached hydrogens (tertiary/aromatic N) is 5. The molecule has 0 N–H and O–H groups in total. The van der Waals surface area contributed by atoms with Crippen molar-refractivity contribution in [1.82, 2.24) is 24.9 Å². The number of hydrogen-bond acceptors (Lipinski definition) is 6. The van der Waals surface area contributed by atoms with Crippen molar-refractivity contribution in [3.63, 3.8) is 0 Å². The maximum atomic E-state index is 13.1. The van der Waals surface area contributed by atoms with E-state index in [1.54, 1.807) is 26.2 Å². The van der Waals surface area contributed by atoms with Gasteiger partial charge in [-0.05, 0) is 58.8 Å². The highest BCUT2D eigenvalue weighted by molar-refractivity contribution is 5.96. The van der Waals surface area contributed by atoms with Crippen molar-refractivity contribution < 1.29 is 14.1 Å².